The molecule has 418 valence electrons. The van der Waals surface area contributed by atoms with Gasteiger partial charge in [-0.15, -0.1) is 0 Å². The highest BCUT2D eigenvalue weighted by molar-refractivity contribution is 5.76. The van der Waals surface area contributed by atoms with Gasteiger partial charge >= 0.3 is 5.97 Å². The van der Waals surface area contributed by atoms with E-state index in [9.17, 15) is 19.8 Å². The molecule has 0 heterocycles. The van der Waals surface area contributed by atoms with Gasteiger partial charge < -0.3 is 20.3 Å². The lowest BCUT2D eigenvalue weighted by Gasteiger charge is -2.22. The summed E-state index contributed by atoms with van der Waals surface area (Å²) in [5.41, 5.74) is 0. The van der Waals surface area contributed by atoms with Crippen LogP contribution in [-0.4, -0.2) is 47.4 Å². The Balaban J connectivity index is 3.33. The monoisotopic (exact) mass is 990 g/mol. The fourth-order valence-electron chi connectivity index (χ4n) is 10.5. The van der Waals surface area contributed by atoms with E-state index in [1.165, 1.54) is 302 Å². The zero-order valence-corrected chi connectivity index (χ0v) is 47.8. The van der Waals surface area contributed by atoms with E-state index in [1.54, 1.807) is 0 Å². The van der Waals surface area contributed by atoms with Crippen LogP contribution in [0.4, 0.5) is 0 Å². The number of rotatable bonds is 61. The number of aliphatic hydroxyl groups excluding tert-OH is 2. The average Bonchev–Trinajstić information content (AvgIpc) is 3.36. The van der Waals surface area contributed by atoms with Crippen LogP contribution in [0.2, 0.25) is 0 Å². The molecular formula is C64H127NO5. The van der Waals surface area contributed by atoms with Crippen molar-refractivity contribution in [1.82, 2.24) is 5.32 Å². The molecule has 1 amide bonds. The number of hydrogen-bond donors (Lipinski definition) is 3. The topological polar surface area (TPSA) is 95.9 Å². The smallest absolute Gasteiger partial charge is 0.305 e. The van der Waals surface area contributed by atoms with Gasteiger partial charge in [0.2, 0.25) is 5.91 Å². The van der Waals surface area contributed by atoms with Crippen LogP contribution in [0.1, 0.15) is 373 Å². The second-order valence-corrected chi connectivity index (χ2v) is 22.5. The molecule has 0 aromatic rings. The largest absolute Gasteiger partial charge is 0.466 e. The molecule has 0 rings (SSSR count). The van der Waals surface area contributed by atoms with Crippen molar-refractivity contribution in [3.8, 4) is 0 Å². The van der Waals surface area contributed by atoms with Gasteiger partial charge in [0.05, 0.1) is 25.4 Å². The van der Waals surface area contributed by atoms with E-state index in [0.717, 1.165) is 38.5 Å². The molecule has 0 radical (unpaired) electrons. The maximum absolute atomic E-state index is 12.5. The molecule has 0 bridgehead atoms. The highest BCUT2D eigenvalue weighted by atomic mass is 16.5. The SMILES string of the molecule is CCCCCCCCCCCCCCCCC(=O)OCCCCCCCCCCCCCCCCCCCCCCCCCCCC(=O)NC(CO)C(O)CCCCCCCCCCCCCCCC. The Morgan fingerprint density at radius 2 is 0.586 bits per heavy atom. The van der Waals surface area contributed by atoms with Crippen molar-refractivity contribution in [2.24, 2.45) is 0 Å². The first-order chi connectivity index (χ1) is 34.5. The molecule has 0 saturated carbocycles. The first-order valence-electron chi connectivity index (χ1n) is 32.3. The molecule has 70 heavy (non-hydrogen) atoms. The van der Waals surface area contributed by atoms with Gasteiger partial charge in [0, 0.05) is 12.8 Å². The number of nitrogens with one attached hydrogen (secondary N) is 1. The predicted octanol–water partition coefficient (Wildman–Crippen LogP) is 20.3. The molecule has 0 aliphatic heterocycles. The van der Waals surface area contributed by atoms with Gasteiger partial charge in [-0.1, -0.05) is 335 Å². The van der Waals surface area contributed by atoms with Crippen molar-refractivity contribution < 1.29 is 24.5 Å². The van der Waals surface area contributed by atoms with Gasteiger partial charge in [-0.25, -0.2) is 0 Å². The lowest BCUT2D eigenvalue weighted by molar-refractivity contribution is -0.143. The van der Waals surface area contributed by atoms with Crippen LogP contribution in [0.5, 0.6) is 0 Å². The molecule has 0 aromatic carbocycles. The molecule has 0 aliphatic carbocycles. The highest BCUT2D eigenvalue weighted by Gasteiger charge is 2.20. The quantitative estimate of drug-likeness (QED) is 0.0417. The minimum atomic E-state index is -0.661. The van der Waals surface area contributed by atoms with Crippen LogP contribution in [-0.2, 0) is 14.3 Å². The Labute approximate surface area is 438 Å². The zero-order chi connectivity index (χ0) is 50.7. The van der Waals surface area contributed by atoms with Crippen LogP contribution in [0.15, 0.2) is 0 Å². The molecule has 0 saturated heterocycles. The van der Waals surface area contributed by atoms with Crippen LogP contribution < -0.4 is 5.32 Å². The first kappa shape index (κ1) is 68.9. The molecule has 0 fully saturated rings. The minimum absolute atomic E-state index is 0.0197. The summed E-state index contributed by atoms with van der Waals surface area (Å²) in [5.74, 6) is -0.0106. The number of esters is 1. The number of amides is 1. The minimum Gasteiger partial charge on any atom is -0.466 e. The maximum atomic E-state index is 12.5. The molecule has 0 spiro atoms. The standard InChI is InChI=1S/C64H127NO5/c1-3-5-7-9-11-13-15-17-32-36-40-44-48-52-56-62(67)61(60-66)65-63(68)57-53-49-45-41-37-33-30-28-26-24-22-20-19-21-23-25-27-29-31-35-39-43-47-51-55-59-70-64(69)58-54-50-46-42-38-34-18-16-14-12-10-8-6-4-2/h61-62,66-67H,3-60H2,1-2H3,(H,65,68). The van der Waals surface area contributed by atoms with E-state index in [0.29, 0.717) is 25.9 Å². The number of aliphatic hydroxyl groups is 2. The van der Waals surface area contributed by atoms with E-state index in [-0.39, 0.29) is 18.5 Å². The summed E-state index contributed by atoms with van der Waals surface area (Å²) in [6.45, 7) is 4.99. The van der Waals surface area contributed by atoms with E-state index in [2.05, 4.69) is 19.2 Å². The van der Waals surface area contributed by atoms with Crippen LogP contribution in [0.25, 0.3) is 0 Å². The number of carbonyl (C=O) groups is 2. The summed E-state index contributed by atoms with van der Waals surface area (Å²) in [6.07, 6.45) is 71.2. The zero-order valence-electron chi connectivity index (χ0n) is 47.8. The highest BCUT2D eigenvalue weighted by Crippen LogP contribution is 2.19. The average molecular weight is 991 g/mol. The molecule has 2 unspecified atom stereocenters. The van der Waals surface area contributed by atoms with Crippen molar-refractivity contribution in [2.45, 2.75) is 386 Å². The Morgan fingerprint density at radius 1 is 0.343 bits per heavy atom. The molecular weight excluding hydrogens is 863 g/mol. The van der Waals surface area contributed by atoms with Crippen LogP contribution in [0.3, 0.4) is 0 Å². The van der Waals surface area contributed by atoms with E-state index in [1.807, 2.05) is 0 Å². The number of carbonyl (C=O) groups excluding carboxylic acids is 2. The lowest BCUT2D eigenvalue weighted by Crippen LogP contribution is -2.45. The summed E-state index contributed by atoms with van der Waals surface area (Å²) >= 11 is 0. The Hall–Kier alpha value is -1.14. The number of hydrogen-bond acceptors (Lipinski definition) is 5. The fraction of sp³-hybridized carbons (Fsp3) is 0.969. The van der Waals surface area contributed by atoms with E-state index < -0.39 is 12.1 Å². The van der Waals surface area contributed by atoms with Crippen molar-refractivity contribution in [3.05, 3.63) is 0 Å². The summed E-state index contributed by atoms with van der Waals surface area (Å²) < 4.78 is 5.49. The van der Waals surface area contributed by atoms with Crippen molar-refractivity contribution in [3.63, 3.8) is 0 Å². The lowest BCUT2D eigenvalue weighted by atomic mass is 10.0. The number of ether oxygens (including phenoxy) is 1. The molecule has 6 nitrogen and oxygen atoms in total. The summed E-state index contributed by atoms with van der Waals surface area (Å²) in [4.78, 5) is 24.5. The molecule has 2 atom stereocenters. The predicted molar refractivity (Wildman–Crippen MR) is 306 cm³/mol. The van der Waals surface area contributed by atoms with E-state index in [4.69, 9.17) is 4.74 Å². The van der Waals surface area contributed by atoms with Gasteiger partial charge in [-0.05, 0) is 25.7 Å². The second kappa shape index (κ2) is 60.4. The number of unbranched alkanes of at least 4 members (excludes halogenated alkanes) is 50. The third-order valence-electron chi connectivity index (χ3n) is 15.4. The third kappa shape index (κ3) is 56.2. The van der Waals surface area contributed by atoms with Crippen molar-refractivity contribution in [2.75, 3.05) is 13.2 Å². The van der Waals surface area contributed by atoms with E-state index >= 15 is 0 Å². The Bertz CT molecular complexity index is 1010. The fourth-order valence-corrected chi connectivity index (χ4v) is 10.5. The van der Waals surface area contributed by atoms with Gasteiger partial charge in [-0.3, -0.25) is 9.59 Å². The molecule has 0 aliphatic rings. The molecule has 0 aromatic heterocycles. The third-order valence-corrected chi connectivity index (χ3v) is 15.4. The van der Waals surface area contributed by atoms with Crippen LogP contribution in [0, 0.1) is 0 Å². The van der Waals surface area contributed by atoms with Crippen LogP contribution >= 0.6 is 0 Å². The van der Waals surface area contributed by atoms with Crippen molar-refractivity contribution >= 4 is 11.9 Å². The Morgan fingerprint density at radius 3 is 0.871 bits per heavy atom. The normalized spacial score (nSPS) is 12.5. The molecule has 6 heteroatoms. The summed E-state index contributed by atoms with van der Waals surface area (Å²) in [7, 11) is 0. The van der Waals surface area contributed by atoms with Gasteiger partial charge in [0.1, 0.15) is 0 Å². The molecule has 3 N–H and O–H groups in total. The Kier molecular flexibility index (Phi) is 59.4. The van der Waals surface area contributed by atoms with Crippen molar-refractivity contribution in [1.29, 1.82) is 0 Å². The second-order valence-electron chi connectivity index (χ2n) is 22.5. The summed E-state index contributed by atoms with van der Waals surface area (Å²) in [5, 5.41) is 23.3. The summed E-state index contributed by atoms with van der Waals surface area (Å²) in [6, 6.07) is -0.538. The van der Waals surface area contributed by atoms with Gasteiger partial charge in [0.15, 0.2) is 0 Å². The van der Waals surface area contributed by atoms with Gasteiger partial charge in [-0.2, -0.15) is 0 Å². The first-order valence-corrected chi connectivity index (χ1v) is 32.3. The maximum Gasteiger partial charge on any atom is 0.305 e. The van der Waals surface area contributed by atoms with Gasteiger partial charge in [0.25, 0.3) is 0 Å².